The summed E-state index contributed by atoms with van der Waals surface area (Å²) in [6, 6.07) is 14.5. The van der Waals surface area contributed by atoms with Crippen LogP contribution < -0.4 is 10.2 Å². The third-order valence-electron chi connectivity index (χ3n) is 5.05. The molecule has 162 valence electrons. The lowest BCUT2D eigenvalue weighted by molar-refractivity contribution is 0.0453. The number of hydrogen-bond donors (Lipinski definition) is 1. The van der Waals surface area contributed by atoms with Crippen LogP contribution in [-0.2, 0) is 22.6 Å². The molecule has 0 spiro atoms. The molecule has 0 radical (unpaired) electrons. The van der Waals surface area contributed by atoms with Crippen LogP contribution in [0, 0.1) is 0 Å². The molecule has 1 aliphatic rings. The number of guanidine groups is 1. The van der Waals surface area contributed by atoms with Crippen LogP contribution in [0.5, 0.6) is 0 Å². The quantitative estimate of drug-likeness (QED) is 0.389. The van der Waals surface area contributed by atoms with Gasteiger partial charge in [-0.1, -0.05) is 30.3 Å². The number of nitrogens with zero attached hydrogens (tertiary/aromatic N) is 4. The summed E-state index contributed by atoms with van der Waals surface area (Å²) in [7, 11) is 1.84. The Balaban J connectivity index is 1.45. The molecule has 7 heteroatoms. The molecule has 1 aliphatic heterocycles. The van der Waals surface area contributed by atoms with E-state index in [2.05, 4.69) is 55.4 Å². The number of piperazine rings is 1. The molecule has 0 aliphatic carbocycles. The topological polar surface area (TPSA) is 62.2 Å². The number of aliphatic imine (C=N–C) groups is 1. The SMILES string of the molecule is CCOCCOCc1cccc(CNC(=NC)N2CCN(c3ccccn3)CC2)c1. The largest absolute Gasteiger partial charge is 0.379 e. The average Bonchev–Trinajstić information content (AvgIpc) is 2.81. The fraction of sp³-hybridized carbons (Fsp3) is 0.478. The van der Waals surface area contributed by atoms with Crippen LogP contribution in [0.2, 0.25) is 0 Å². The Kier molecular flexibility index (Phi) is 8.93. The monoisotopic (exact) mass is 411 g/mol. The van der Waals surface area contributed by atoms with E-state index in [0.717, 1.165) is 51.1 Å². The van der Waals surface area contributed by atoms with Crippen molar-refractivity contribution in [1.29, 1.82) is 0 Å². The Morgan fingerprint density at radius 3 is 2.57 bits per heavy atom. The number of pyridine rings is 1. The summed E-state index contributed by atoms with van der Waals surface area (Å²) in [6.07, 6.45) is 1.85. The molecule has 0 saturated carbocycles. The van der Waals surface area contributed by atoms with Crippen molar-refractivity contribution < 1.29 is 9.47 Å². The van der Waals surface area contributed by atoms with Gasteiger partial charge in [-0.15, -0.1) is 0 Å². The van der Waals surface area contributed by atoms with Crippen LogP contribution in [0.3, 0.4) is 0 Å². The summed E-state index contributed by atoms with van der Waals surface area (Å²) in [5, 5.41) is 3.50. The van der Waals surface area contributed by atoms with E-state index in [9.17, 15) is 0 Å². The zero-order chi connectivity index (χ0) is 21.0. The lowest BCUT2D eigenvalue weighted by atomic mass is 10.1. The van der Waals surface area contributed by atoms with E-state index < -0.39 is 0 Å². The van der Waals surface area contributed by atoms with Gasteiger partial charge in [-0.25, -0.2) is 4.98 Å². The van der Waals surface area contributed by atoms with Crippen molar-refractivity contribution in [3.63, 3.8) is 0 Å². The molecule has 1 saturated heterocycles. The zero-order valence-electron chi connectivity index (χ0n) is 18.1. The molecule has 7 nitrogen and oxygen atoms in total. The number of anilines is 1. The van der Waals surface area contributed by atoms with Crippen molar-refractivity contribution in [2.45, 2.75) is 20.1 Å². The maximum atomic E-state index is 5.68. The molecule has 0 unspecified atom stereocenters. The number of hydrogen-bond acceptors (Lipinski definition) is 5. The van der Waals surface area contributed by atoms with Crippen molar-refractivity contribution in [3.05, 3.63) is 59.8 Å². The number of aromatic nitrogens is 1. The molecule has 1 N–H and O–H groups in total. The third kappa shape index (κ3) is 6.71. The van der Waals surface area contributed by atoms with Gasteiger partial charge in [0.1, 0.15) is 5.82 Å². The van der Waals surface area contributed by atoms with E-state index in [-0.39, 0.29) is 0 Å². The van der Waals surface area contributed by atoms with E-state index in [1.165, 1.54) is 11.1 Å². The van der Waals surface area contributed by atoms with Crippen LogP contribution in [0.25, 0.3) is 0 Å². The van der Waals surface area contributed by atoms with Crippen molar-refractivity contribution in [2.24, 2.45) is 4.99 Å². The van der Waals surface area contributed by atoms with Gasteiger partial charge in [0, 0.05) is 52.6 Å². The summed E-state index contributed by atoms with van der Waals surface area (Å²) in [5.74, 6) is 1.98. The molecule has 1 fully saturated rings. The van der Waals surface area contributed by atoms with Crippen molar-refractivity contribution >= 4 is 11.8 Å². The first kappa shape index (κ1) is 22.1. The number of nitrogens with one attached hydrogen (secondary N) is 1. The molecule has 1 aromatic carbocycles. The van der Waals surface area contributed by atoms with Crippen LogP contribution in [0.1, 0.15) is 18.1 Å². The van der Waals surface area contributed by atoms with Gasteiger partial charge in [0.05, 0.1) is 19.8 Å². The molecule has 2 heterocycles. The van der Waals surface area contributed by atoms with E-state index in [1.54, 1.807) is 0 Å². The van der Waals surface area contributed by atoms with Crippen LogP contribution >= 0.6 is 0 Å². The molecule has 2 aromatic rings. The highest BCUT2D eigenvalue weighted by molar-refractivity contribution is 5.80. The standard InChI is InChI=1S/C23H33N5O2/c1-3-29-15-16-30-19-21-8-6-7-20(17-21)18-26-23(24-2)28-13-11-27(12-14-28)22-9-4-5-10-25-22/h4-10,17H,3,11-16,18-19H2,1-2H3,(H,24,26). The Morgan fingerprint density at radius 1 is 1.03 bits per heavy atom. The fourth-order valence-corrected chi connectivity index (χ4v) is 3.48. The summed E-state index contributed by atoms with van der Waals surface area (Å²) < 4.78 is 11.0. The predicted molar refractivity (Wildman–Crippen MR) is 121 cm³/mol. The second-order valence-corrected chi connectivity index (χ2v) is 7.13. The van der Waals surface area contributed by atoms with Crippen molar-refractivity contribution in [2.75, 3.05) is 57.9 Å². The van der Waals surface area contributed by atoms with E-state index >= 15 is 0 Å². The highest BCUT2D eigenvalue weighted by Crippen LogP contribution is 2.13. The first-order chi connectivity index (χ1) is 14.8. The molecule has 3 rings (SSSR count). The minimum Gasteiger partial charge on any atom is -0.379 e. The Labute approximate surface area is 179 Å². The fourth-order valence-electron chi connectivity index (χ4n) is 3.48. The average molecular weight is 412 g/mol. The van der Waals surface area contributed by atoms with Crippen LogP contribution in [-0.4, -0.2) is 68.9 Å². The second-order valence-electron chi connectivity index (χ2n) is 7.13. The molecule has 0 bridgehead atoms. The smallest absolute Gasteiger partial charge is 0.194 e. The summed E-state index contributed by atoms with van der Waals surface area (Å²) in [5.41, 5.74) is 2.39. The van der Waals surface area contributed by atoms with E-state index in [4.69, 9.17) is 9.47 Å². The highest BCUT2D eigenvalue weighted by atomic mass is 16.5. The van der Waals surface area contributed by atoms with Gasteiger partial charge >= 0.3 is 0 Å². The van der Waals surface area contributed by atoms with Gasteiger partial charge in [0.15, 0.2) is 5.96 Å². The number of ether oxygens (including phenoxy) is 2. The number of benzene rings is 1. The lowest BCUT2D eigenvalue weighted by Gasteiger charge is -2.37. The van der Waals surface area contributed by atoms with Crippen molar-refractivity contribution in [1.82, 2.24) is 15.2 Å². The first-order valence-corrected chi connectivity index (χ1v) is 10.6. The first-order valence-electron chi connectivity index (χ1n) is 10.6. The predicted octanol–water partition coefficient (Wildman–Crippen LogP) is 2.53. The molecular formula is C23H33N5O2. The van der Waals surface area contributed by atoms with E-state index in [1.807, 2.05) is 32.3 Å². The Hall–Kier alpha value is -2.64. The maximum absolute atomic E-state index is 5.68. The Bertz CT molecular complexity index is 776. The second kappa shape index (κ2) is 12.1. The maximum Gasteiger partial charge on any atom is 0.194 e. The zero-order valence-corrected chi connectivity index (χ0v) is 18.1. The third-order valence-corrected chi connectivity index (χ3v) is 5.05. The molecule has 30 heavy (non-hydrogen) atoms. The van der Waals surface area contributed by atoms with Gasteiger partial charge in [-0.05, 0) is 30.2 Å². The molecule has 0 amide bonds. The summed E-state index contributed by atoms with van der Waals surface area (Å²) in [4.78, 5) is 13.6. The van der Waals surface area contributed by atoms with Gasteiger partial charge in [0.25, 0.3) is 0 Å². The molecule has 0 atom stereocenters. The van der Waals surface area contributed by atoms with Crippen molar-refractivity contribution in [3.8, 4) is 0 Å². The molecular weight excluding hydrogens is 378 g/mol. The normalized spacial score (nSPS) is 14.8. The van der Waals surface area contributed by atoms with Gasteiger partial charge < -0.3 is 24.6 Å². The van der Waals surface area contributed by atoms with E-state index in [0.29, 0.717) is 19.8 Å². The Morgan fingerprint density at radius 2 is 1.83 bits per heavy atom. The van der Waals surface area contributed by atoms with Gasteiger partial charge in [0.2, 0.25) is 0 Å². The lowest BCUT2D eigenvalue weighted by Crippen LogP contribution is -2.52. The van der Waals surface area contributed by atoms with Gasteiger partial charge in [-0.3, -0.25) is 4.99 Å². The van der Waals surface area contributed by atoms with Gasteiger partial charge in [-0.2, -0.15) is 0 Å². The number of rotatable bonds is 9. The summed E-state index contributed by atoms with van der Waals surface area (Å²) >= 11 is 0. The summed E-state index contributed by atoms with van der Waals surface area (Å²) in [6.45, 7) is 9.03. The highest BCUT2D eigenvalue weighted by Gasteiger charge is 2.20. The van der Waals surface area contributed by atoms with Crippen LogP contribution in [0.4, 0.5) is 5.82 Å². The minimum atomic E-state index is 0.602. The van der Waals surface area contributed by atoms with Crippen LogP contribution in [0.15, 0.2) is 53.7 Å². The minimum absolute atomic E-state index is 0.602. The molecule has 1 aromatic heterocycles.